The Morgan fingerprint density at radius 1 is 0.689 bits per heavy atom. The van der Waals surface area contributed by atoms with Crippen molar-refractivity contribution in [2.24, 2.45) is 11.8 Å². The number of nitrogens with one attached hydrogen (secondary N) is 4. The predicted octanol–water partition coefficient (Wildman–Crippen LogP) is 5.52. The Morgan fingerprint density at radius 2 is 1.11 bits per heavy atom. The van der Waals surface area contributed by atoms with Crippen LogP contribution in [0, 0.1) is 18.8 Å². The number of hydrogen-bond acceptors (Lipinski definition) is 6. The van der Waals surface area contributed by atoms with Crippen LogP contribution in [-0.2, 0) is 9.59 Å². The smallest absolute Gasteiger partial charge is 0.322 e. The monoisotopic (exact) mass is 622 g/mol. The maximum atomic E-state index is 14.6. The van der Waals surface area contributed by atoms with E-state index in [1.165, 1.54) is 9.80 Å². The van der Waals surface area contributed by atoms with Gasteiger partial charge in [0.15, 0.2) is 0 Å². The summed E-state index contributed by atoms with van der Waals surface area (Å²) in [5, 5.41) is 13.9. The van der Waals surface area contributed by atoms with Gasteiger partial charge in [0, 0.05) is 34.0 Å². The fraction of sp³-hybridized carbons (Fsp3) is 0.714. The molecule has 8 atom stereocenters. The number of rotatable bonds is 6. The van der Waals surface area contributed by atoms with Crippen molar-refractivity contribution >= 4 is 35.3 Å². The predicted molar refractivity (Wildman–Crippen MR) is 177 cm³/mol. The molecule has 8 unspecified atom stereocenters. The number of aryl methyl sites for hydroxylation is 1. The van der Waals surface area contributed by atoms with Crippen LogP contribution in [0.15, 0.2) is 18.2 Å². The second-order valence-electron chi connectivity index (χ2n) is 15.5. The number of benzene rings is 1. The molecular weight excluding hydrogens is 568 g/mol. The van der Waals surface area contributed by atoms with Crippen LogP contribution in [0.5, 0.6) is 0 Å². The molecule has 4 aliphatic rings. The van der Waals surface area contributed by atoms with E-state index in [1.54, 1.807) is 18.2 Å². The lowest BCUT2D eigenvalue weighted by atomic mass is 9.61. The van der Waals surface area contributed by atoms with Gasteiger partial charge in [-0.1, -0.05) is 47.6 Å². The fourth-order valence-corrected chi connectivity index (χ4v) is 8.97. The first-order valence-corrected chi connectivity index (χ1v) is 16.9. The number of amides is 6. The van der Waals surface area contributed by atoms with Crippen LogP contribution in [0.4, 0.5) is 21.0 Å². The van der Waals surface area contributed by atoms with Crippen molar-refractivity contribution in [3.8, 4) is 0 Å². The standard InChI is InChI=1S/C35H54N6O4/c1-12-30(8)19-34(22(6)32(10,14-3)38-30)26(42)40(28(44)36-34)24-17-16-21(5)25(18-24)41-27(43)35(37-29(41)45)20-31(9,13-2)39-33(11,15-4)23(35)7/h16-18,22-23,38-39H,12-15,19-20H2,1-11H3,(H,36,44)(H,37,45). The second-order valence-corrected chi connectivity index (χ2v) is 15.5. The number of carbonyl (C=O) groups is 4. The van der Waals surface area contributed by atoms with Crippen LogP contribution >= 0.6 is 0 Å². The van der Waals surface area contributed by atoms with Crippen molar-refractivity contribution in [3.63, 3.8) is 0 Å². The third-order valence-electron chi connectivity index (χ3n) is 12.9. The van der Waals surface area contributed by atoms with E-state index in [0.29, 0.717) is 29.8 Å². The SMILES string of the molecule is CCC1(C)CC2(NC(=O)N(c3ccc(C)c(N4C(=O)NC5(CC(C)(CC)NC(C)(CC)C5C)C4=O)c3)C2=O)C(C)C(C)(CC)N1. The van der Waals surface area contributed by atoms with Crippen molar-refractivity contribution < 1.29 is 19.2 Å². The molecule has 6 amide bonds. The highest BCUT2D eigenvalue weighted by Gasteiger charge is 2.66. The minimum Gasteiger partial charge on any atom is -0.322 e. The molecule has 10 nitrogen and oxygen atoms in total. The zero-order chi connectivity index (χ0) is 33.5. The highest BCUT2D eigenvalue weighted by atomic mass is 16.2. The molecule has 4 aliphatic heterocycles. The molecule has 4 saturated heterocycles. The summed E-state index contributed by atoms with van der Waals surface area (Å²) >= 11 is 0. The normalized spacial score (nSPS) is 41.8. The Balaban J connectivity index is 1.55. The summed E-state index contributed by atoms with van der Waals surface area (Å²) in [6.45, 7) is 22.8. The number of nitrogens with zero attached hydrogens (tertiary/aromatic N) is 2. The quantitative estimate of drug-likeness (QED) is 0.310. The number of urea groups is 2. The van der Waals surface area contributed by atoms with Crippen molar-refractivity contribution in [2.45, 2.75) is 148 Å². The Hall–Kier alpha value is -2.98. The van der Waals surface area contributed by atoms with Crippen LogP contribution in [0.25, 0.3) is 0 Å². The van der Waals surface area contributed by atoms with Crippen molar-refractivity contribution in [2.75, 3.05) is 9.80 Å². The van der Waals surface area contributed by atoms with Gasteiger partial charge in [-0.25, -0.2) is 19.4 Å². The highest BCUT2D eigenvalue weighted by Crippen LogP contribution is 2.49. The molecule has 10 heteroatoms. The fourth-order valence-electron chi connectivity index (χ4n) is 8.97. The summed E-state index contributed by atoms with van der Waals surface area (Å²) in [5.41, 5.74) is -2.22. The maximum Gasteiger partial charge on any atom is 0.329 e. The maximum absolute atomic E-state index is 14.6. The van der Waals surface area contributed by atoms with Gasteiger partial charge < -0.3 is 21.3 Å². The summed E-state index contributed by atoms with van der Waals surface area (Å²) in [6, 6.07) is 4.18. The summed E-state index contributed by atoms with van der Waals surface area (Å²) in [6.07, 6.45) is 4.09. The number of imide groups is 2. The van der Waals surface area contributed by atoms with Crippen LogP contribution in [0.3, 0.4) is 0 Å². The minimum atomic E-state index is -1.09. The lowest BCUT2D eigenvalue weighted by molar-refractivity contribution is -0.130. The molecule has 0 aromatic heterocycles. The van der Waals surface area contributed by atoms with Gasteiger partial charge in [-0.15, -0.1) is 0 Å². The molecule has 1 aromatic rings. The molecule has 0 radical (unpaired) electrons. The molecule has 248 valence electrons. The first-order chi connectivity index (χ1) is 20.8. The van der Waals surface area contributed by atoms with Gasteiger partial charge in [0.05, 0.1) is 11.4 Å². The molecule has 5 rings (SSSR count). The third kappa shape index (κ3) is 4.64. The molecule has 2 spiro atoms. The van der Waals surface area contributed by atoms with Gasteiger partial charge in [-0.3, -0.25) is 9.59 Å². The number of piperidine rings is 2. The lowest BCUT2D eigenvalue weighted by Crippen LogP contribution is -2.74. The topological polar surface area (TPSA) is 123 Å². The summed E-state index contributed by atoms with van der Waals surface area (Å²) < 4.78 is 0. The van der Waals surface area contributed by atoms with E-state index in [-0.39, 0.29) is 45.8 Å². The molecule has 4 fully saturated rings. The molecule has 4 heterocycles. The van der Waals surface area contributed by atoms with E-state index >= 15 is 0 Å². The Morgan fingerprint density at radius 3 is 1.53 bits per heavy atom. The van der Waals surface area contributed by atoms with Crippen LogP contribution in [0.1, 0.15) is 113 Å². The van der Waals surface area contributed by atoms with Crippen LogP contribution in [-0.4, -0.2) is 57.1 Å². The molecule has 0 aliphatic carbocycles. The van der Waals surface area contributed by atoms with Gasteiger partial charge in [0.1, 0.15) is 11.1 Å². The van der Waals surface area contributed by atoms with Gasteiger partial charge in [0.2, 0.25) is 0 Å². The van der Waals surface area contributed by atoms with Crippen molar-refractivity contribution in [1.29, 1.82) is 0 Å². The minimum absolute atomic E-state index is 0.186. The number of anilines is 2. The van der Waals surface area contributed by atoms with E-state index in [0.717, 1.165) is 25.7 Å². The van der Waals surface area contributed by atoms with Gasteiger partial charge in [0.25, 0.3) is 11.8 Å². The van der Waals surface area contributed by atoms with Crippen LogP contribution < -0.4 is 31.1 Å². The average molecular weight is 623 g/mol. The Labute approximate surface area is 268 Å². The summed E-state index contributed by atoms with van der Waals surface area (Å²) in [5.74, 6) is -0.964. The first-order valence-electron chi connectivity index (χ1n) is 16.9. The van der Waals surface area contributed by atoms with E-state index in [4.69, 9.17) is 0 Å². The molecular formula is C35H54N6O4. The van der Waals surface area contributed by atoms with Gasteiger partial charge in [-0.05, 0) is 90.8 Å². The number of hydrogen-bond donors (Lipinski definition) is 4. The molecule has 45 heavy (non-hydrogen) atoms. The zero-order valence-electron chi connectivity index (χ0n) is 29.2. The first kappa shape index (κ1) is 33.4. The lowest BCUT2D eigenvalue weighted by Gasteiger charge is -2.56. The van der Waals surface area contributed by atoms with E-state index < -0.39 is 23.1 Å². The van der Waals surface area contributed by atoms with Crippen molar-refractivity contribution in [1.82, 2.24) is 21.3 Å². The zero-order valence-corrected chi connectivity index (χ0v) is 29.2. The highest BCUT2D eigenvalue weighted by molar-refractivity contribution is 6.26. The molecule has 4 N–H and O–H groups in total. The van der Waals surface area contributed by atoms with E-state index in [9.17, 15) is 19.2 Å². The molecule has 0 bridgehead atoms. The summed E-state index contributed by atoms with van der Waals surface area (Å²) in [7, 11) is 0. The van der Waals surface area contributed by atoms with E-state index in [1.807, 2.05) is 20.8 Å². The third-order valence-corrected chi connectivity index (χ3v) is 12.9. The number of carbonyl (C=O) groups excluding carboxylic acids is 4. The largest absolute Gasteiger partial charge is 0.329 e. The van der Waals surface area contributed by atoms with Gasteiger partial charge >= 0.3 is 12.1 Å². The average Bonchev–Trinajstić information content (AvgIpc) is 3.38. The molecule has 1 aromatic carbocycles. The Bertz CT molecular complexity index is 1450. The Kier molecular flexibility index (Phi) is 7.81. The summed E-state index contributed by atoms with van der Waals surface area (Å²) in [4.78, 5) is 59.1. The van der Waals surface area contributed by atoms with Crippen molar-refractivity contribution in [3.05, 3.63) is 23.8 Å². The van der Waals surface area contributed by atoms with E-state index in [2.05, 4.69) is 76.7 Å². The second kappa shape index (κ2) is 10.5. The van der Waals surface area contributed by atoms with Crippen LogP contribution in [0.2, 0.25) is 0 Å². The van der Waals surface area contributed by atoms with Gasteiger partial charge in [-0.2, -0.15) is 0 Å². The molecule has 0 saturated carbocycles.